The van der Waals surface area contributed by atoms with Gasteiger partial charge in [-0.05, 0) is 37.8 Å². The predicted molar refractivity (Wildman–Crippen MR) is 92.0 cm³/mol. The molecule has 6 nitrogen and oxygen atoms in total. The molecule has 0 saturated heterocycles. The first-order chi connectivity index (χ1) is 11.7. The highest BCUT2D eigenvalue weighted by Gasteiger charge is 2.21. The van der Waals surface area contributed by atoms with Gasteiger partial charge >= 0.3 is 0 Å². The summed E-state index contributed by atoms with van der Waals surface area (Å²) < 4.78 is 2.08. The Morgan fingerprint density at radius 2 is 2.12 bits per heavy atom. The number of carbonyl (C=O) groups is 1. The molecule has 0 aliphatic heterocycles. The third kappa shape index (κ3) is 2.58. The number of hydrogen-bond donors (Lipinski definition) is 2. The van der Waals surface area contributed by atoms with Gasteiger partial charge in [0, 0.05) is 31.3 Å². The molecule has 0 unspecified atom stereocenters. The number of aromatic nitrogens is 4. The lowest BCUT2D eigenvalue weighted by molar-refractivity contribution is 0.0948. The van der Waals surface area contributed by atoms with Gasteiger partial charge in [-0.3, -0.25) is 9.89 Å². The number of rotatable bonds is 4. The van der Waals surface area contributed by atoms with Crippen LogP contribution in [0.25, 0.3) is 11.0 Å². The quantitative estimate of drug-likeness (QED) is 0.772. The molecule has 0 bridgehead atoms. The molecule has 2 N–H and O–H groups in total. The summed E-state index contributed by atoms with van der Waals surface area (Å²) >= 11 is 0. The Bertz CT molecular complexity index is 892. The fourth-order valence-corrected chi connectivity index (χ4v) is 3.46. The van der Waals surface area contributed by atoms with Crippen LogP contribution in [0, 0.1) is 0 Å². The minimum absolute atomic E-state index is 0.0897. The first kappa shape index (κ1) is 14.9. The van der Waals surface area contributed by atoms with Crippen molar-refractivity contribution in [1.29, 1.82) is 0 Å². The third-order valence-electron chi connectivity index (χ3n) is 4.79. The number of carbonyl (C=O) groups excluding carboxylic acids is 1. The van der Waals surface area contributed by atoms with Crippen LogP contribution in [0.15, 0.2) is 24.3 Å². The molecular formula is C18H21N5O. The van der Waals surface area contributed by atoms with Crippen molar-refractivity contribution in [3.8, 4) is 0 Å². The maximum absolute atomic E-state index is 12.4. The van der Waals surface area contributed by atoms with Crippen molar-refractivity contribution in [2.24, 2.45) is 7.05 Å². The van der Waals surface area contributed by atoms with E-state index in [1.165, 1.54) is 6.42 Å². The molecule has 124 valence electrons. The summed E-state index contributed by atoms with van der Waals surface area (Å²) in [4.78, 5) is 17.0. The second kappa shape index (κ2) is 6.11. The summed E-state index contributed by atoms with van der Waals surface area (Å²) in [5, 5.41) is 10.2. The van der Waals surface area contributed by atoms with Crippen molar-refractivity contribution in [1.82, 2.24) is 25.1 Å². The number of benzene rings is 1. The molecule has 0 radical (unpaired) electrons. The Morgan fingerprint density at radius 3 is 3.00 bits per heavy atom. The van der Waals surface area contributed by atoms with Crippen LogP contribution in [0.5, 0.6) is 0 Å². The minimum Gasteiger partial charge on any atom is -0.350 e. The number of aryl methyl sites for hydroxylation is 2. The van der Waals surface area contributed by atoms with Crippen molar-refractivity contribution >= 4 is 16.9 Å². The summed E-state index contributed by atoms with van der Waals surface area (Å²) in [6.07, 6.45) is 4.94. The van der Waals surface area contributed by atoms with Crippen LogP contribution in [-0.2, 0) is 26.3 Å². The fraction of sp³-hybridized carbons (Fsp3) is 0.389. The number of H-pyrrole nitrogens is 1. The highest BCUT2D eigenvalue weighted by Crippen LogP contribution is 2.22. The van der Waals surface area contributed by atoms with Gasteiger partial charge in [-0.25, -0.2) is 4.98 Å². The molecule has 2 heterocycles. The molecule has 1 aromatic carbocycles. The summed E-state index contributed by atoms with van der Waals surface area (Å²) in [7, 11) is 2.01. The maximum Gasteiger partial charge on any atom is 0.272 e. The molecule has 24 heavy (non-hydrogen) atoms. The number of aromatic amines is 1. The second-order valence-corrected chi connectivity index (χ2v) is 6.32. The van der Waals surface area contributed by atoms with Gasteiger partial charge in [0.2, 0.25) is 0 Å². The summed E-state index contributed by atoms with van der Waals surface area (Å²) in [5.74, 6) is 0.883. The summed E-state index contributed by atoms with van der Waals surface area (Å²) in [5.41, 5.74) is 4.89. The average molecular weight is 323 g/mol. The molecule has 0 atom stereocenters. The highest BCUT2D eigenvalue weighted by atomic mass is 16.1. The Hall–Kier alpha value is -2.63. The smallest absolute Gasteiger partial charge is 0.272 e. The Labute approximate surface area is 140 Å². The van der Waals surface area contributed by atoms with E-state index in [1.54, 1.807) is 0 Å². The minimum atomic E-state index is -0.0897. The molecule has 1 aliphatic rings. The van der Waals surface area contributed by atoms with Crippen LogP contribution < -0.4 is 5.32 Å². The normalized spacial score (nSPS) is 13.9. The van der Waals surface area contributed by atoms with Gasteiger partial charge in [0.15, 0.2) is 5.69 Å². The Kier molecular flexibility index (Phi) is 3.80. The topological polar surface area (TPSA) is 75.6 Å². The number of imidazole rings is 1. The highest BCUT2D eigenvalue weighted by molar-refractivity contribution is 5.94. The van der Waals surface area contributed by atoms with Crippen molar-refractivity contribution < 1.29 is 4.79 Å². The Balaban J connectivity index is 1.42. The van der Waals surface area contributed by atoms with E-state index >= 15 is 0 Å². The van der Waals surface area contributed by atoms with Gasteiger partial charge in [0.1, 0.15) is 5.82 Å². The number of fused-ring (bicyclic) bond motifs is 2. The van der Waals surface area contributed by atoms with Gasteiger partial charge in [-0.2, -0.15) is 5.10 Å². The van der Waals surface area contributed by atoms with Crippen LogP contribution in [0.2, 0.25) is 0 Å². The number of hydrogen-bond acceptors (Lipinski definition) is 3. The van der Waals surface area contributed by atoms with E-state index in [0.717, 1.165) is 47.4 Å². The van der Waals surface area contributed by atoms with E-state index in [-0.39, 0.29) is 5.91 Å². The molecule has 2 aromatic heterocycles. The van der Waals surface area contributed by atoms with Crippen LogP contribution in [-0.4, -0.2) is 32.2 Å². The van der Waals surface area contributed by atoms with E-state index < -0.39 is 0 Å². The van der Waals surface area contributed by atoms with Crippen LogP contribution in [0.1, 0.15) is 40.4 Å². The predicted octanol–water partition coefficient (Wildman–Crippen LogP) is 2.15. The van der Waals surface area contributed by atoms with Crippen LogP contribution in [0.3, 0.4) is 0 Å². The van der Waals surface area contributed by atoms with Crippen LogP contribution >= 0.6 is 0 Å². The number of amides is 1. The molecular weight excluding hydrogens is 302 g/mol. The molecule has 4 rings (SSSR count). The third-order valence-corrected chi connectivity index (χ3v) is 4.79. The molecule has 1 aliphatic carbocycles. The van der Waals surface area contributed by atoms with Gasteiger partial charge in [-0.15, -0.1) is 0 Å². The molecule has 0 saturated carbocycles. The molecule has 1 amide bonds. The molecule has 0 spiro atoms. The lowest BCUT2D eigenvalue weighted by Gasteiger charge is -2.11. The summed E-state index contributed by atoms with van der Waals surface area (Å²) in [6.45, 7) is 0.553. The van der Waals surface area contributed by atoms with Crippen molar-refractivity contribution in [3.05, 3.63) is 47.0 Å². The Morgan fingerprint density at radius 1 is 1.29 bits per heavy atom. The molecule has 0 fully saturated rings. The molecule has 3 aromatic rings. The van der Waals surface area contributed by atoms with Crippen molar-refractivity contribution in [2.75, 3.05) is 6.54 Å². The number of para-hydroxylation sites is 2. The zero-order chi connectivity index (χ0) is 16.5. The summed E-state index contributed by atoms with van der Waals surface area (Å²) in [6, 6.07) is 8.06. The number of nitrogens with one attached hydrogen (secondary N) is 2. The lowest BCUT2D eigenvalue weighted by Crippen LogP contribution is -2.27. The molecule has 6 heteroatoms. The zero-order valence-electron chi connectivity index (χ0n) is 13.8. The van der Waals surface area contributed by atoms with E-state index in [4.69, 9.17) is 0 Å². The zero-order valence-corrected chi connectivity index (χ0v) is 13.8. The van der Waals surface area contributed by atoms with Crippen LogP contribution in [0.4, 0.5) is 0 Å². The first-order valence-corrected chi connectivity index (χ1v) is 8.48. The van der Waals surface area contributed by atoms with E-state index in [9.17, 15) is 4.79 Å². The maximum atomic E-state index is 12.4. The van der Waals surface area contributed by atoms with E-state index in [1.807, 2.05) is 25.2 Å². The van der Waals surface area contributed by atoms with Crippen molar-refractivity contribution in [2.45, 2.75) is 32.1 Å². The van der Waals surface area contributed by atoms with Gasteiger partial charge in [0.25, 0.3) is 5.91 Å². The number of nitrogens with zero attached hydrogens (tertiary/aromatic N) is 3. The fourth-order valence-electron chi connectivity index (χ4n) is 3.46. The van der Waals surface area contributed by atoms with Gasteiger partial charge < -0.3 is 9.88 Å². The van der Waals surface area contributed by atoms with E-state index in [2.05, 4.69) is 31.1 Å². The lowest BCUT2D eigenvalue weighted by atomic mass is 9.96. The van der Waals surface area contributed by atoms with Gasteiger partial charge in [-0.1, -0.05) is 12.1 Å². The van der Waals surface area contributed by atoms with Gasteiger partial charge in [0.05, 0.1) is 11.0 Å². The average Bonchev–Trinajstić information content (AvgIpc) is 3.17. The monoisotopic (exact) mass is 323 g/mol. The van der Waals surface area contributed by atoms with E-state index in [0.29, 0.717) is 18.7 Å². The SMILES string of the molecule is Cn1c(CCNC(=O)c2n[nH]c3c2CCCC3)nc2ccccc21. The van der Waals surface area contributed by atoms with Crippen molar-refractivity contribution in [3.63, 3.8) is 0 Å². The first-order valence-electron chi connectivity index (χ1n) is 8.48. The standard InChI is InChI=1S/C18H21N5O/c1-23-15-9-5-4-8-14(15)20-16(23)10-11-19-18(24)17-12-6-2-3-7-13(12)21-22-17/h4-5,8-9H,2-3,6-7,10-11H2,1H3,(H,19,24)(H,21,22). The largest absolute Gasteiger partial charge is 0.350 e. The second-order valence-electron chi connectivity index (χ2n) is 6.32.